The van der Waals surface area contributed by atoms with Crippen LogP contribution in [0.2, 0.25) is 0 Å². The smallest absolute Gasteiger partial charge is 0.229 e. The molecule has 0 saturated heterocycles. The minimum atomic E-state index is 0.204. The summed E-state index contributed by atoms with van der Waals surface area (Å²) < 4.78 is 0. The van der Waals surface area contributed by atoms with Gasteiger partial charge in [0.1, 0.15) is 0 Å². The molecule has 0 heterocycles. The molecule has 0 saturated carbocycles. The first kappa shape index (κ1) is 6.84. The molecule has 1 unspecified atom stereocenters. The van der Waals surface area contributed by atoms with E-state index in [2.05, 4.69) is 4.85 Å². The molecule has 0 aliphatic carbocycles. The van der Waals surface area contributed by atoms with Crippen LogP contribution in [0.15, 0.2) is 0 Å². The highest BCUT2D eigenvalue weighted by atomic mass is 32.2. The Morgan fingerprint density at radius 3 is 2.57 bits per heavy atom. The van der Waals surface area contributed by atoms with Crippen LogP contribution < -0.4 is 0 Å². The molecule has 40 valence electrons. The standard InChI is InChI=1S/C5H9NS/c1-5(6-2)4-7-3/h5H,4H2,1,3H3. The van der Waals surface area contributed by atoms with Crippen LogP contribution in [0, 0.1) is 6.57 Å². The van der Waals surface area contributed by atoms with Crippen LogP contribution in [0.25, 0.3) is 4.85 Å². The summed E-state index contributed by atoms with van der Waals surface area (Å²) in [4.78, 5) is 3.31. The predicted octanol–water partition coefficient (Wildman–Crippen LogP) is 1.66. The maximum absolute atomic E-state index is 6.52. The fourth-order valence-corrected chi connectivity index (χ4v) is 0.835. The van der Waals surface area contributed by atoms with E-state index in [0.717, 1.165) is 5.75 Å². The van der Waals surface area contributed by atoms with Crippen molar-refractivity contribution in [3.05, 3.63) is 11.4 Å². The predicted molar refractivity (Wildman–Crippen MR) is 34.4 cm³/mol. The number of thioether (sulfide) groups is 1. The van der Waals surface area contributed by atoms with Gasteiger partial charge in [-0.2, -0.15) is 11.8 Å². The van der Waals surface area contributed by atoms with Crippen molar-refractivity contribution in [1.82, 2.24) is 0 Å². The van der Waals surface area contributed by atoms with E-state index in [1.807, 2.05) is 13.2 Å². The topological polar surface area (TPSA) is 4.36 Å². The first-order valence-electron chi connectivity index (χ1n) is 2.16. The zero-order valence-electron chi connectivity index (χ0n) is 4.64. The van der Waals surface area contributed by atoms with E-state index in [0.29, 0.717) is 0 Å². The summed E-state index contributed by atoms with van der Waals surface area (Å²) in [6.07, 6.45) is 2.02. The Morgan fingerprint density at radius 2 is 2.43 bits per heavy atom. The normalized spacial score (nSPS) is 12.7. The van der Waals surface area contributed by atoms with Crippen molar-refractivity contribution >= 4 is 11.8 Å². The molecule has 0 aromatic heterocycles. The van der Waals surface area contributed by atoms with Gasteiger partial charge in [0.2, 0.25) is 6.04 Å². The molecular formula is C5H9NS. The summed E-state index contributed by atoms with van der Waals surface area (Å²) >= 11 is 1.72. The van der Waals surface area contributed by atoms with E-state index in [9.17, 15) is 0 Å². The third-order valence-corrected chi connectivity index (χ3v) is 1.44. The van der Waals surface area contributed by atoms with E-state index in [1.165, 1.54) is 0 Å². The summed E-state index contributed by atoms with van der Waals surface area (Å²) in [5.74, 6) is 0.962. The van der Waals surface area contributed by atoms with Gasteiger partial charge < -0.3 is 4.85 Å². The van der Waals surface area contributed by atoms with Gasteiger partial charge in [0.25, 0.3) is 0 Å². The van der Waals surface area contributed by atoms with Crippen molar-refractivity contribution in [2.75, 3.05) is 12.0 Å². The summed E-state index contributed by atoms with van der Waals surface area (Å²) in [5.41, 5.74) is 0. The van der Waals surface area contributed by atoms with Crippen molar-refractivity contribution in [2.24, 2.45) is 0 Å². The molecule has 7 heavy (non-hydrogen) atoms. The van der Waals surface area contributed by atoms with E-state index in [1.54, 1.807) is 11.8 Å². The van der Waals surface area contributed by atoms with Gasteiger partial charge in [-0.15, -0.1) is 0 Å². The van der Waals surface area contributed by atoms with E-state index in [-0.39, 0.29) is 6.04 Å². The van der Waals surface area contributed by atoms with Gasteiger partial charge in [0.05, 0.1) is 5.75 Å². The minimum Gasteiger partial charge on any atom is -0.313 e. The first-order chi connectivity index (χ1) is 3.31. The highest BCUT2D eigenvalue weighted by Gasteiger charge is 1.98. The lowest BCUT2D eigenvalue weighted by Crippen LogP contribution is -1.95. The van der Waals surface area contributed by atoms with Crippen LogP contribution in [-0.4, -0.2) is 18.1 Å². The van der Waals surface area contributed by atoms with Crippen LogP contribution in [0.5, 0.6) is 0 Å². The van der Waals surface area contributed by atoms with E-state index >= 15 is 0 Å². The van der Waals surface area contributed by atoms with E-state index < -0.39 is 0 Å². The Labute approximate surface area is 48.9 Å². The van der Waals surface area contributed by atoms with Gasteiger partial charge in [-0.25, -0.2) is 6.57 Å². The SMILES string of the molecule is [C-]#[N+]C(C)CSC. The Hall–Kier alpha value is -0.160. The van der Waals surface area contributed by atoms with Crippen molar-refractivity contribution < 1.29 is 0 Å². The average Bonchev–Trinajstić information content (AvgIpc) is 1.68. The second-order valence-corrected chi connectivity index (χ2v) is 2.34. The van der Waals surface area contributed by atoms with Gasteiger partial charge >= 0.3 is 0 Å². The fourth-order valence-electron chi connectivity index (χ4n) is 0.278. The zero-order valence-corrected chi connectivity index (χ0v) is 5.46. The Kier molecular flexibility index (Phi) is 3.92. The summed E-state index contributed by atoms with van der Waals surface area (Å²) in [5, 5.41) is 0. The number of hydrogen-bond acceptors (Lipinski definition) is 1. The lowest BCUT2D eigenvalue weighted by atomic mass is 10.4. The second-order valence-electron chi connectivity index (χ2n) is 1.43. The molecule has 1 nitrogen and oxygen atoms in total. The van der Waals surface area contributed by atoms with Crippen molar-refractivity contribution in [1.29, 1.82) is 0 Å². The van der Waals surface area contributed by atoms with Crippen LogP contribution in [0.4, 0.5) is 0 Å². The third kappa shape index (κ3) is 3.68. The van der Waals surface area contributed by atoms with Gasteiger partial charge in [0, 0.05) is 6.92 Å². The summed E-state index contributed by atoms with van der Waals surface area (Å²) in [7, 11) is 0. The molecule has 0 rings (SSSR count). The van der Waals surface area contributed by atoms with Gasteiger partial charge in [-0.3, -0.25) is 0 Å². The molecule has 0 bridgehead atoms. The first-order valence-corrected chi connectivity index (χ1v) is 3.56. The molecule has 0 fully saturated rings. The largest absolute Gasteiger partial charge is 0.313 e. The number of nitrogens with zero attached hydrogens (tertiary/aromatic N) is 1. The lowest BCUT2D eigenvalue weighted by Gasteiger charge is -1.90. The van der Waals surface area contributed by atoms with Crippen LogP contribution in [-0.2, 0) is 0 Å². The maximum atomic E-state index is 6.52. The Balaban J connectivity index is 3.04. The summed E-state index contributed by atoms with van der Waals surface area (Å²) in [6.45, 7) is 8.46. The molecule has 0 aliphatic heterocycles. The third-order valence-electron chi connectivity index (χ3n) is 0.628. The molecular weight excluding hydrogens is 106 g/mol. The minimum absolute atomic E-state index is 0.204. The van der Waals surface area contributed by atoms with E-state index in [4.69, 9.17) is 6.57 Å². The molecule has 0 aromatic rings. The van der Waals surface area contributed by atoms with Gasteiger partial charge in [-0.05, 0) is 6.26 Å². The number of rotatable bonds is 2. The van der Waals surface area contributed by atoms with Crippen molar-refractivity contribution in [3.63, 3.8) is 0 Å². The molecule has 0 amide bonds. The lowest BCUT2D eigenvalue weighted by molar-refractivity contribution is 0.993. The highest BCUT2D eigenvalue weighted by molar-refractivity contribution is 7.98. The summed E-state index contributed by atoms with van der Waals surface area (Å²) in [6, 6.07) is 0.204. The molecule has 0 aliphatic rings. The molecule has 0 N–H and O–H groups in total. The van der Waals surface area contributed by atoms with Crippen molar-refractivity contribution in [2.45, 2.75) is 13.0 Å². The Morgan fingerprint density at radius 1 is 1.86 bits per heavy atom. The van der Waals surface area contributed by atoms with Crippen LogP contribution >= 0.6 is 11.8 Å². The maximum Gasteiger partial charge on any atom is 0.229 e. The quantitative estimate of drug-likeness (QED) is 0.495. The fraction of sp³-hybridized carbons (Fsp3) is 0.800. The monoisotopic (exact) mass is 115 g/mol. The van der Waals surface area contributed by atoms with Crippen molar-refractivity contribution in [3.8, 4) is 0 Å². The molecule has 0 spiro atoms. The molecule has 0 radical (unpaired) electrons. The van der Waals surface area contributed by atoms with Gasteiger partial charge in [-0.1, -0.05) is 0 Å². The second kappa shape index (κ2) is 4.01. The molecule has 1 atom stereocenters. The highest BCUT2D eigenvalue weighted by Crippen LogP contribution is 1.98. The average molecular weight is 115 g/mol. The molecule has 0 aromatic carbocycles. The van der Waals surface area contributed by atoms with Crippen LogP contribution in [0.1, 0.15) is 6.92 Å². The number of hydrogen-bond donors (Lipinski definition) is 0. The zero-order chi connectivity index (χ0) is 5.70. The molecule has 2 heteroatoms. The Bertz CT molecular complexity index is 74.6. The van der Waals surface area contributed by atoms with Crippen LogP contribution in [0.3, 0.4) is 0 Å². The van der Waals surface area contributed by atoms with Gasteiger partial charge in [0.15, 0.2) is 0 Å².